The van der Waals surface area contributed by atoms with E-state index in [0.29, 0.717) is 0 Å². The summed E-state index contributed by atoms with van der Waals surface area (Å²) in [6.07, 6.45) is 0. The van der Waals surface area contributed by atoms with Crippen molar-refractivity contribution in [3.63, 3.8) is 0 Å². The van der Waals surface area contributed by atoms with Crippen LogP contribution < -0.4 is 4.90 Å². The number of rotatable bonds is 4. The van der Waals surface area contributed by atoms with Crippen molar-refractivity contribution in [2.75, 3.05) is 4.90 Å². The first-order chi connectivity index (χ1) is 21.8. The maximum atomic E-state index is 6.37. The van der Waals surface area contributed by atoms with E-state index in [-0.39, 0.29) is 0 Å². The highest BCUT2D eigenvalue weighted by Crippen LogP contribution is 2.43. The molecular weight excluding hydrogens is 534 g/mol. The summed E-state index contributed by atoms with van der Waals surface area (Å²) >= 11 is 0. The molecule has 9 aromatic rings. The number of benzene rings is 8. The van der Waals surface area contributed by atoms with Crippen molar-refractivity contribution in [3.8, 4) is 11.1 Å². The number of fused-ring (bicyclic) bond motifs is 8. The van der Waals surface area contributed by atoms with Gasteiger partial charge in [0.05, 0.1) is 5.69 Å². The van der Waals surface area contributed by atoms with Gasteiger partial charge in [0, 0.05) is 33.6 Å². The summed E-state index contributed by atoms with van der Waals surface area (Å²) in [5.41, 5.74) is 7.41. The van der Waals surface area contributed by atoms with E-state index in [1.54, 1.807) is 0 Å². The topological polar surface area (TPSA) is 16.4 Å². The zero-order valence-electron chi connectivity index (χ0n) is 23.9. The number of hydrogen-bond acceptors (Lipinski definition) is 2. The minimum Gasteiger partial charge on any atom is -0.456 e. The maximum Gasteiger partial charge on any atom is 0.137 e. The van der Waals surface area contributed by atoms with Crippen LogP contribution in [0.2, 0.25) is 0 Å². The molecule has 0 unspecified atom stereocenters. The average Bonchev–Trinajstić information content (AvgIpc) is 3.47. The zero-order chi connectivity index (χ0) is 29.0. The Morgan fingerprint density at radius 1 is 0.341 bits per heavy atom. The fourth-order valence-electron chi connectivity index (χ4n) is 6.77. The van der Waals surface area contributed by atoms with E-state index in [2.05, 4.69) is 157 Å². The normalized spacial score (nSPS) is 11.6. The summed E-state index contributed by atoms with van der Waals surface area (Å²) in [6.45, 7) is 0. The number of hydrogen-bond donors (Lipinski definition) is 0. The highest BCUT2D eigenvalue weighted by Gasteiger charge is 2.19. The summed E-state index contributed by atoms with van der Waals surface area (Å²) in [7, 11) is 0. The number of nitrogens with zero attached hydrogens (tertiary/aromatic N) is 1. The molecule has 0 radical (unpaired) electrons. The molecule has 0 amide bonds. The highest BCUT2D eigenvalue weighted by molar-refractivity contribution is 6.19. The molecular formula is C42H27NO. The molecule has 8 aromatic carbocycles. The van der Waals surface area contributed by atoms with E-state index < -0.39 is 0 Å². The van der Waals surface area contributed by atoms with Gasteiger partial charge in [0.15, 0.2) is 0 Å². The van der Waals surface area contributed by atoms with Gasteiger partial charge in [0.1, 0.15) is 11.2 Å². The lowest BCUT2D eigenvalue weighted by Crippen LogP contribution is -2.10. The van der Waals surface area contributed by atoms with Crippen LogP contribution in [0.3, 0.4) is 0 Å². The Balaban J connectivity index is 1.31. The van der Waals surface area contributed by atoms with Gasteiger partial charge < -0.3 is 9.32 Å². The Morgan fingerprint density at radius 2 is 0.955 bits per heavy atom. The molecule has 0 aliphatic rings. The van der Waals surface area contributed by atoms with Crippen LogP contribution in [0.4, 0.5) is 17.1 Å². The molecule has 1 aromatic heterocycles. The second kappa shape index (κ2) is 9.86. The molecule has 0 aliphatic heterocycles. The van der Waals surface area contributed by atoms with E-state index >= 15 is 0 Å². The van der Waals surface area contributed by atoms with Crippen molar-refractivity contribution < 1.29 is 4.42 Å². The summed E-state index contributed by atoms with van der Waals surface area (Å²) in [5.74, 6) is 0. The van der Waals surface area contributed by atoms with Crippen LogP contribution in [0, 0.1) is 0 Å². The average molecular weight is 562 g/mol. The molecule has 0 saturated heterocycles. The fraction of sp³-hybridized carbons (Fsp3) is 0. The first kappa shape index (κ1) is 24.7. The first-order valence-electron chi connectivity index (χ1n) is 15.0. The van der Waals surface area contributed by atoms with Crippen LogP contribution in [-0.2, 0) is 0 Å². The molecule has 0 bridgehead atoms. The molecule has 0 N–H and O–H groups in total. The number of furan rings is 1. The summed E-state index contributed by atoms with van der Waals surface area (Å²) in [4.78, 5) is 2.37. The third kappa shape index (κ3) is 3.89. The molecule has 0 saturated carbocycles. The van der Waals surface area contributed by atoms with Gasteiger partial charge in [0.2, 0.25) is 0 Å². The standard InChI is InChI=1S/C42H27NO/c1-2-10-28(11-3-1)30-13-8-14-31(26-30)43(32-21-23-39-38-16-6-7-19-41(38)44-42(39)27-32)40-18-9-17-34-36-22-20-29-12-4-5-15-33(29)35(36)24-25-37(34)40/h1-27H. The van der Waals surface area contributed by atoms with Crippen molar-refractivity contribution in [3.05, 3.63) is 164 Å². The third-order valence-electron chi connectivity index (χ3n) is 8.83. The van der Waals surface area contributed by atoms with Gasteiger partial charge in [-0.05, 0) is 74.5 Å². The van der Waals surface area contributed by atoms with Crippen LogP contribution in [0.1, 0.15) is 0 Å². The van der Waals surface area contributed by atoms with Gasteiger partial charge in [-0.1, -0.05) is 121 Å². The minimum atomic E-state index is 0.880. The van der Waals surface area contributed by atoms with Crippen molar-refractivity contribution in [1.82, 2.24) is 0 Å². The molecule has 2 heteroatoms. The van der Waals surface area contributed by atoms with E-state index in [1.165, 1.54) is 43.4 Å². The number of para-hydroxylation sites is 1. The Hall–Kier alpha value is -5.86. The Labute approximate surface area is 255 Å². The molecule has 0 atom stereocenters. The molecule has 206 valence electrons. The van der Waals surface area contributed by atoms with Gasteiger partial charge in [-0.3, -0.25) is 0 Å². The lowest BCUT2D eigenvalue weighted by atomic mass is 9.96. The van der Waals surface area contributed by atoms with E-state index in [0.717, 1.165) is 39.0 Å². The molecule has 2 nitrogen and oxygen atoms in total. The highest BCUT2D eigenvalue weighted by atomic mass is 16.3. The van der Waals surface area contributed by atoms with Crippen LogP contribution >= 0.6 is 0 Å². The fourth-order valence-corrected chi connectivity index (χ4v) is 6.77. The summed E-state index contributed by atoms with van der Waals surface area (Å²) in [6, 6.07) is 58.6. The molecule has 0 fully saturated rings. The van der Waals surface area contributed by atoms with Crippen LogP contribution in [0.25, 0.3) is 65.4 Å². The van der Waals surface area contributed by atoms with E-state index in [4.69, 9.17) is 4.42 Å². The molecule has 9 rings (SSSR count). The summed E-state index contributed by atoms with van der Waals surface area (Å²) in [5, 5.41) is 9.76. The van der Waals surface area contributed by atoms with Crippen molar-refractivity contribution in [2.45, 2.75) is 0 Å². The lowest BCUT2D eigenvalue weighted by molar-refractivity contribution is 0.669. The number of anilines is 3. The SMILES string of the molecule is c1ccc(-c2cccc(N(c3ccc4c(c3)oc3ccccc34)c3cccc4c3ccc3c5ccccc5ccc43)c2)cc1. The van der Waals surface area contributed by atoms with Crippen molar-refractivity contribution in [1.29, 1.82) is 0 Å². The quantitative estimate of drug-likeness (QED) is 0.199. The van der Waals surface area contributed by atoms with Gasteiger partial charge in [-0.15, -0.1) is 0 Å². The van der Waals surface area contributed by atoms with Crippen LogP contribution in [-0.4, -0.2) is 0 Å². The maximum absolute atomic E-state index is 6.37. The van der Waals surface area contributed by atoms with Gasteiger partial charge in [-0.25, -0.2) is 0 Å². The minimum absolute atomic E-state index is 0.880. The smallest absolute Gasteiger partial charge is 0.137 e. The van der Waals surface area contributed by atoms with Crippen LogP contribution in [0.5, 0.6) is 0 Å². The molecule has 0 spiro atoms. The van der Waals surface area contributed by atoms with Gasteiger partial charge in [-0.2, -0.15) is 0 Å². The molecule has 0 aliphatic carbocycles. The second-order valence-corrected chi connectivity index (χ2v) is 11.4. The second-order valence-electron chi connectivity index (χ2n) is 11.4. The van der Waals surface area contributed by atoms with Gasteiger partial charge >= 0.3 is 0 Å². The van der Waals surface area contributed by atoms with Crippen molar-refractivity contribution >= 4 is 71.3 Å². The summed E-state index contributed by atoms with van der Waals surface area (Å²) < 4.78 is 6.37. The van der Waals surface area contributed by atoms with Gasteiger partial charge in [0.25, 0.3) is 0 Å². The van der Waals surface area contributed by atoms with E-state index in [1.807, 2.05) is 12.1 Å². The first-order valence-corrected chi connectivity index (χ1v) is 15.0. The van der Waals surface area contributed by atoms with Crippen LogP contribution in [0.15, 0.2) is 168 Å². The Bertz CT molecular complexity index is 2510. The predicted molar refractivity (Wildman–Crippen MR) is 186 cm³/mol. The largest absolute Gasteiger partial charge is 0.456 e. The Kier molecular flexibility index (Phi) is 5.54. The lowest BCUT2D eigenvalue weighted by Gasteiger charge is -2.27. The van der Waals surface area contributed by atoms with E-state index in [9.17, 15) is 0 Å². The third-order valence-corrected chi connectivity index (χ3v) is 8.83. The molecule has 44 heavy (non-hydrogen) atoms. The zero-order valence-corrected chi connectivity index (χ0v) is 23.9. The van der Waals surface area contributed by atoms with Crippen molar-refractivity contribution in [2.24, 2.45) is 0 Å². The monoisotopic (exact) mass is 561 g/mol. The molecule has 1 heterocycles. The predicted octanol–water partition coefficient (Wildman–Crippen LogP) is 12.2. The Morgan fingerprint density at radius 3 is 1.89 bits per heavy atom.